The van der Waals surface area contributed by atoms with Gasteiger partial charge in [-0.2, -0.15) is 0 Å². The number of hydrogen-bond acceptors (Lipinski definition) is 11. The van der Waals surface area contributed by atoms with E-state index < -0.39 is 17.0 Å². The Kier molecular flexibility index (Phi) is 14.2. The van der Waals surface area contributed by atoms with Crippen LogP contribution in [0, 0.1) is 0 Å². The third-order valence-electron chi connectivity index (χ3n) is 5.21. The minimum Gasteiger partial charge on any atom is -0.547 e. The number of phenolic OH excluding ortho intramolecular Hbond substituents is 1. The molecule has 1 aromatic rings. The molecule has 0 spiro atoms. The zero-order chi connectivity index (χ0) is 26.3. The Balaban J connectivity index is 0.000000658. The zero-order valence-corrected chi connectivity index (χ0v) is 21.2. The summed E-state index contributed by atoms with van der Waals surface area (Å²) in [5.74, 6) is -0.517. The molecule has 12 heteroatoms. The number of thioether (sulfide) groups is 1. The topological polar surface area (TPSA) is 189 Å². The highest BCUT2D eigenvalue weighted by Gasteiger charge is 2.33. The van der Waals surface area contributed by atoms with Gasteiger partial charge in [0.15, 0.2) is 0 Å². The number of ether oxygens (including phenoxy) is 3. The van der Waals surface area contributed by atoms with Gasteiger partial charge in [-0.25, -0.2) is 0 Å². The fourth-order valence-electron chi connectivity index (χ4n) is 2.50. The van der Waals surface area contributed by atoms with Gasteiger partial charge in [0.05, 0.1) is 25.8 Å². The third kappa shape index (κ3) is 10.7. The number of aliphatic carboxylic acids is 1. The Morgan fingerprint density at radius 2 is 1.80 bits per heavy atom. The fraction of sp³-hybridized carbons (Fsp3) is 0.652. The first-order valence-corrected chi connectivity index (χ1v) is 12.4. The van der Waals surface area contributed by atoms with Crippen LogP contribution in [0.15, 0.2) is 23.2 Å². The molecule has 0 unspecified atom stereocenters. The van der Waals surface area contributed by atoms with Gasteiger partial charge in [-0.1, -0.05) is 6.92 Å². The standard InChI is InChI=1S/C18H25NO7S.C5H13NO2/c1-18(17(22)23)12-27-16(19-18)14-4-3-13(11-15(14)21)26-10-9-25-8-7-24-6-2-5-20;1-2-5(6,3-7)4-8/h3-4,11,20-21H,2,5-10,12H2,1H3,(H,22,23);7-8H,2-4,6H2,1H3/t18-;/m1./s1. The molecule has 0 saturated carbocycles. The number of quaternary nitrogens is 1. The minimum absolute atomic E-state index is 0.0282. The van der Waals surface area contributed by atoms with E-state index in [1.165, 1.54) is 24.8 Å². The van der Waals surface area contributed by atoms with Crippen molar-refractivity contribution in [3.8, 4) is 11.5 Å². The van der Waals surface area contributed by atoms with Crippen molar-refractivity contribution in [3.05, 3.63) is 23.8 Å². The summed E-state index contributed by atoms with van der Waals surface area (Å²) in [4.78, 5) is 15.3. The Bertz CT molecular complexity index is 797. The van der Waals surface area contributed by atoms with Crippen LogP contribution < -0.4 is 15.6 Å². The van der Waals surface area contributed by atoms with Crippen molar-refractivity contribution in [2.45, 2.75) is 37.8 Å². The largest absolute Gasteiger partial charge is 0.547 e. The summed E-state index contributed by atoms with van der Waals surface area (Å²) in [5, 5.41) is 47.6. The second-order valence-corrected chi connectivity index (χ2v) is 9.23. The summed E-state index contributed by atoms with van der Waals surface area (Å²) in [6.07, 6.45) is 1.32. The highest BCUT2D eigenvalue weighted by Crippen LogP contribution is 2.35. The van der Waals surface area contributed by atoms with E-state index in [4.69, 9.17) is 29.5 Å². The average molecular weight is 519 g/mol. The number of aromatic hydroxyl groups is 1. The molecule has 1 aliphatic rings. The molecule has 200 valence electrons. The molecule has 35 heavy (non-hydrogen) atoms. The van der Waals surface area contributed by atoms with E-state index in [1.54, 1.807) is 12.1 Å². The van der Waals surface area contributed by atoms with Gasteiger partial charge in [0.25, 0.3) is 0 Å². The molecule has 0 aromatic heterocycles. The fourth-order valence-corrected chi connectivity index (χ4v) is 3.70. The summed E-state index contributed by atoms with van der Waals surface area (Å²) in [7, 11) is 0. The predicted molar refractivity (Wildman–Crippen MR) is 129 cm³/mol. The van der Waals surface area contributed by atoms with Gasteiger partial charge in [-0.15, -0.1) is 11.8 Å². The van der Waals surface area contributed by atoms with Crippen molar-refractivity contribution in [3.63, 3.8) is 0 Å². The average Bonchev–Trinajstić information content (AvgIpc) is 3.26. The minimum atomic E-state index is -1.28. The van der Waals surface area contributed by atoms with E-state index in [0.717, 1.165) is 0 Å². The van der Waals surface area contributed by atoms with Crippen LogP contribution in [-0.4, -0.2) is 101 Å². The number of carboxylic acids is 1. The van der Waals surface area contributed by atoms with Crippen molar-refractivity contribution in [2.24, 2.45) is 4.99 Å². The molecular formula is C23H38N2O9S. The molecule has 0 bridgehead atoms. The first kappa shape index (κ1) is 31.1. The number of nitrogens with zero attached hydrogens (tertiary/aromatic N) is 1. The van der Waals surface area contributed by atoms with Crippen molar-refractivity contribution in [2.75, 3.05) is 58.6 Å². The second-order valence-electron chi connectivity index (χ2n) is 8.27. The van der Waals surface area contributed by atoms with Gasteiger partial charge in [-0.3, -0.25) is 4.99 Å². The van der Waals surface area contributed by atoms with E-state index in [2.05, 4.69) is 10.7 Å². The van der Waals surface area contributed by atoms with Crippen LogP contribution in [0.25, 0.3) is 0 Å². The summed E-state index contributed by atoms with van der Waals surface area (Å²) in [5.41, 5.74) is 2.30. The predicted octanol–water partition coefficient (Wildman–Crippen LogP) is -1.45. The van der Waals surface area contributed by atoms with Crippen LogP contribution >= 0.6 is 11.8 Å². The number of hydrogen-bond donors (Lipinski definition) is 5. The van der Waals surface area contributed by atoms with E-state index in [9.17, 15) is 15.0 Å². The number of phenols is 1. The molecule has 0 aliphatic carbocycles. The summed E-state index contributed by atoms with van der Waals surface area (Å²) >= 11 is 1.27. The molecule has 1 aliphatic heterocycles. The molecule has 2 rings (SSSR count). The van der Waals surface area contributed by atoms with Gasteiger partial charge in [-0.05, 0) is 25.5 Å². The van der Waals surface area contributed by atoms with Crippen LogP contribution in [0.3, 0.4) is 0 Å². The maximum atomic E-state index is 11.2. The van der Waals surface area contributed by atoms with Crippen molar-refractivity contribution >= 4 is 22.8 Å². The lowest BCUT2D eigenvalue weighted by Crippen LogP contribution is -2.76. The highest BCUT2D eigenvalue weighted by molar-refractivity contribution is 8.14. The summed E-state index contributed by atoms with van der Waals surface area (Å²) in [6.45, 7) is 5.50. The van der Waals surface area contributed by atoms with Gasteiger partial charge in [0.2, 0.25) is 0 Å². The Morgan fingerprint density at radius 3 is 2.29 bits per heavy atom. The maximum absolute atomic E-state index is 11.2. The van der Waals surface area contributed by atoms with Gasteiger partial charge < -0.3 is 50.3 Å². The molecule has 11 nitrogen and oxygen atoms in total. The summed E-state index contributed by atoms with van der Waals surface area (Å²) < 4.78 is 16.1. The van der Waals surface area contributed by atoms with Crippen LogP contribution in [0.2, 0.25) is 0 Å². The van der Waals surface area contributed by atoms with Gasteiger partial charge in [0.1, 0.15) is 47.4 Å². The number of aliphatic imine (C=N–C) groups is 1. The zero-order valence-electron chi connectivity index (χ0n) is 20.4. The normalized spacial score (nSPS) is 17.5. The Hall–Kier alpha value is -1.93. The SMILES string of the molecule is CCC([NH3+])(CO)CO.C[C@]1(C(=O)[O-])CSC(c2ccc(OCCOCCOCCCO)cc2O)=N1. The quantitative estimate of drug-likeness (QED) is 0.172. The molecule has 1 heterocycles. The van der Waals surface area contributed by atoms with E-state index in [-0.39, 0.29) is 31.3 Å². The molecule has 0 fully saturated rings. The number of carbonyl (C=O) groups is 1. The van der Waals surface area contributed by atoms with E-state index in [0.29, 0.717) is 62.2 Å². The van der Waals surface area contributed by atoms with Gasteiger partial charge >= 0.3 is 0 Å². The van der Waals surface area contributed by atoms with Crippen LogP contribution in [-0.2, 0) is 14.3 Å². The maximum Gasteiger partial charge on any atom is 0.141 e. The molecule has 7 N–H and O–H groups in total. The Morgan fingerprint density at radius 1 is 1.17 bits per heavy atom. The lowest BCUT2D eigenvalue weighted by molar-refractivity contribution is -0.490. The first-order chi connectivity index (χ1) is 16.6. The van der Waals surface area contributed by atoms with Crippen molar-refractivity contribution < 1.29 is 50.3 Å². The monoisotopic (exact) mass is 518 g/mol. The molecule has 0 amide bonds. The molecule has 1 atom stereocenters. The highest BCUT2D eigenvalue weighted by atomic mass is 32.2. The number of benzene rings is 1. The smallest absolute Gasteiger partial charge is 0.141 e. The van der Waals surface area contributed by atoms with Crippen molar-refractivity contribution in [1.29, 1.82) is 0 Å². The number of aliphatic hydroxyl groups is 3. The van der Waals surface area contributed by atoms with Crippen molar-refractivity contribution in [1.82, 2.24) is 0 Å². The molecule has 1 aromatic carbocycles. The molecular weight excluding hydrogens is 480 g/mol. The second kappa shape index (κ2) is 15.9. The first-order valence-electron chi connectivity index (χ1n) is 11.4. The number of carbonyl (C=O) groups excluding carboxylic acids is 1. The van der Waals surface area contributed by atoms with Crippen LogP contribution in [0.1, 0.15) is 32.3 Å². The number of aliphatic hydroxyl groups excluding tert-OH is 3. The third-order valence-corrected chi connectivity index (χ3v) is 6.50. The van der Waals surface area contributed by atoms with Gasteiger partial charge in [0, 0.05) is 37.0 Å². The van der Waals surface area contributed by atoms with Crippen LogP contribution in [0.4, 0.5) is 0 Å². The lowest BCUT2D eigenvalue weighted by atomic mass is 10.0. The number of carboxylic acid groups (broad SMARTS) is 1. The lowest BCUT2D eigenvalue weighted by Gasteiger charge is -2.19. The molecule has 0 saturated heterocycles. The van der Waals surface area contributed by atoms with E-state index >= 15 is 0 Å². The van der Waals surface area contributed by atoms with E-state index in [1.807, 2.05) is 6.92 Å². The molecule has 0 radical (unpaired) electrons. The van der Waals surface area contributed by atoms with Crippen LogP contribution in [0.5, 0.6) is 11.5 Å². The number of rotatable bonds is 15. The summed E-state index contributed by atoms with van der Waals surface area (Å²) in [6, 6.07) is 4.79. The Labute approximate surface area is 209 Å².